The van der Waals surface area contributed by atoms with E-state index in [4.69, 9.17) is 0 Å². The average Bonchev–Trinajstić information content (AvgIpc) is 2.45. The van der Waals surface area contributed by atoms with E-state index < -0.39 is 23.5 Å². The Morgan fingerprint density at radius 3 is 2.67 bits per heavy atom. The van der Waals surface area contributed by atoms with Crippen molar-refractivity contribution in [2.75, 3.05) is 26.2 Å². The normalized spacial score (nSPS) is 19.5. The van der Waals surface area contributed by atoms with E-state index in [0.717, 1.165) is 12.1 Å². The van der Waals surface area contributed by atoms with Gasteiger partial charge in [-0.15, -0.1) is 0 Å². The Hall–Kier alpha value is -1.60. The van der Waals surface area contributed by atoms with E-state index in [1.54, 1.807) is 0 Å². The Balaban J connectivity index is 2.14. The van der Waals surface area contributed by atoms with Crippen LogP contribution in [0.1, 0.15) is 12.5 Å². The van der Waals surface area contributed by atoms with Crippen molar-refractivity contribution < 1.29 is 18.0 Å². The molecule has 2 rings (SSSR count). The number of hydrogen-bond acceptors (Lipinski definition) is 3. The fraction of sp³-hybridized carbons (Fsp3) is 0.500. The molecule has 21 heavy (non-hydrogen) atoms. The molecule has 7 heteroatoms. The fourth-order valence-corrected chi connectivity index (χ4v) is 2.42. The van der Waals surface area contributed by atoms with Crippen molar-refractivity contribution in [2.45, 2.75) is 19.5 Å². The van der Waals surface area contributed by atoms with Gasteiger partial charge in [-0.3, -0.25) is 9.69 Å². The van der Waals surface area contributed by atoms with Crippen molar-refractivity contribution in [1.29, 1.82) is 0 Å². The van der Waals surface area contributed by atoms with Gasteiger partial charge in [-0.2, -0.15) is 0 Å². The van der Waals surface area contributed by atoms with Gasteiger partial charge in [0, 0.05) is 32.7 Å². The van der Waals surface area contributed by atoms with Crippen LogP contribution >= 0.6 is 0 Å². The van der Waals surface area contributed by atoms with Gasteiger partial charge in [-0.25, -0.2) is 13.2 Å². The van der Waals surface area contributed by atoms with E-state index in [9.17, 15) is 18.0 Å². The van der Waals surface area contributed by atoms with Gasteiger partial charge in [-0.05, 0) is 24.6 Å². The molecule has 0 aliphatic carbocycles. The summed E-state index contributed by atoms with van der Waals surface area (Å²) in [5.74, 6) is -4.03. The van der Waals surface area contributed by atoms with Gasteiger partial charge in [0.2, 0.25) is 5.91 Å². The summed E-state index contributed by atoms with van der Waals surface area (Å²) < 4.78 is 39.4. The summed E-state index contributed by atoms with van der Waals surface area (Å²) in [6, 6.07) is 1.53. The average molecular weight is 301 g/mol. The molecule has 0 aromatic heterocycles. The molecule has 0 saturated carbocycles. The first-order chi connectivity index (χ1) is 10.0. The molecule has 1 aliphatic heterocycles. The van der Waals surface area contributed by atoms with Crippen molar-refractivity contribution in [3.05, 3.63) is 35.1 Å². The fourth-order valence-electron chi connectivity index (χ4n) is 2.42. The number of carbonyl (C=O) groups excluding carboxylic acids is 1. The molecule has 0 radical (unpaired) electrons. The van der Waals surface area contributed by atoms with E-state index in [-0.39, 0.29) is 12.5 Å². The summed E-state index contributed by atoms with van der Waals surface area (Å²) in [6.07, 6.45) is 0. The molecule has 1 fully saturated rings. The predicted molar refractivity (Wildman–Crippen MR) is 72.1 cm³/mol. The molecule has 1 amide bonds. The lowest BCUT2D eigenvalue weighted by molar-refractivity contribution is -0.127. The number of nitrogens with zero attached hydrogens (tertiary/aromatic N) is 1. The third-order valence-corrected chi connectivity index (χ3v) is 3.44. The van der Waals surface area contributed by atoms with Crippen LogP contribution in [0, 0.1) is 17.5 Å². The summed E-state index contributed by atoms with van der Waals surface area (Å²) in [6.45, 7) is 4.26. The van der Waals surface area contributed by atoms with E-state index in [2.05, 4.69) is 10.6 Å². The number of benzene rings is 1. The number of likely N-dealkylation sites (N-methyl/N-ethyl adjacent to an activating group) is 1. The third kappa shape index (κ3) is 3.74. The zero-order chi connectivity index (χ0) is 15.4. The summed E-state index contributed by atoms with van der Waals surface area (Å²) in [4.78, 5) is 13.8. The number of amides is 1. The van der Waals surface area contributed by atoms with Gasteiger partial charge >= 0.3 is 0 Å². The monoisotopic (exact) mass is 301 g/mol. The van der Waals surface area contributed by atoms with Crippen LogP contribution in [0.2, 0.25) is 0 Å². The minimum Gasteiger partial charge on any atom is -0.355 e. The molecule has 2 N–H and O–H groups in total. The van der Waals surface area contributed by atoms with E-state index in [1.807, 2.05) is 11.8 Å². The number of halogens is 3. The highest BCUT2D eigenvalue weighted by Gasteiger charge is 2.28. The molecule has 116 valence electrons. The SMILES string of the molecule is CCNC(=O)C1CNCCN1Cc1cc(F)c(F)c(F)c1. The van der Waals surface area contributed by atoms with Gasteiger partial charge in [-0.1, -0.05) is 0 Å². The number of piperazine rings is 1. The number of nitrogens with one attached hydrogen (secondary N) is 2. The Morgan fingerprint density at radius 1 is 1.38 bits per heavy atom. The second-order valence-electron chi connectivity index (χ2n) is 4.96. The van der Waals surface area contributed by atoms with Crippen LogP contribution in [0.4, 0.5) is 13.2 Å². The van der Waals surface area contributed by atoms with Crippen LogP contribution in [0.5, 0.6) is 0 Å². The van der Waals surface area contributed by atoms with Gasteiger partial charge < -0.3 is 10.6 Å². The van der Waals surface area contributed by atoms with Gasteiger partial charge in [0.25, 0.3) is 0 Å². The topological polar surface area (TPSA) is 44.4 Å². The van der Waals surface area contributed by atoms with Crippen LogP contribution in [0.15, 0.2) is 12.1 Å². The van der Waals surface area contributed by atoms with Crippen LogP contribution in [-0.2, 0) is 11.3 Å². The van der Waals surface area contributed by atoms with Crippen LogP contribution in [-0.4, -0.2) is 43.0 Å². The van der Waals surface area contributed by atoms with Crippen molar-refractivity contribution in [3.8, 4) is 0 Å². The standard InChI is InChI=1S/C14H18F3N3O/c1-2-19-14(21)12-7-18-3-4-20(12)8-9-5-10(15)13(17)11(16)6-9/h5-6,12,18H,2-4,7-8H2,1H3,(H,19,21). The van der Waals surface area contributed by atoms with Gasteiger partial charge in [0.05, 0.1) is 0 Å². The number of hydrogen-bond donors (Lipinski definition) is 2. The van der Waals surface area contributed by atoms with Crippen molar-refractivity contribution in [3.63, 3.8) is 0 Å². The molecule has 0 bridgehead atoms. The Kier molecular flexibility index (Phi) is 5.19. The molecule has 1 aromatic rings. The molecule has 1 heterocycles. The third-order valence-electron chi connectivity index (χ3n) is 3.44. The lowest BCUT2D eigenvalue weighted by atomic mass is 10.1. The van der Waals surface area contributed by atoms with Crippen LogP contribution in [0.3, 0.4) is 0 Å². The molecule has 1 saturated heterocycles. The van der Waals surface area contributed by atoms with Gasteiger partial charge in [0.1, 0.15) is 6.04 Å². The Morgan fingerprint density at radius 2 is 2.05 bits per heavy atom. The van der Waals surface area contributed by atoms with Gasteiger partial charge in [0.15, 0.2) is 17.5 Å². The molecular weight excluding hydrogens is 283 g/mol. The highest BCUT2D eigenvalue weighted by atomic mass is 19.2. The summed E-state index contributed by atoms with van der Waals surface area (Å²) in [5, 5.41) is 5.85. The van der Waals surface area contributed by atoms with E-state index in [1.165, 1.54) is 0 Å². The summed E-state index contributed by atoms with van der Waals surface area (Å²) in [7, 11) is 0. The van der Waals surface area contributed by atoms with Crippen molar-refractivity contribution in [2.24, 2.45) is 0 Å². The molecular formula is C14H18F3N3O. The lowest BCUT2D eigenvalue weighted by Gasteiger charge is -2.35. The summed E-state index contributed by atoms with van der Waals surface area (Å²) >= 11 is 0. The van der Waals surface area contributed by atoms with Crippen molar-refractivity contribution >= 4 is 5.91 Å². The smallest absolute Gasteiger partial charge is 0.238 e. The summed E-state index contributed by atoms with van der Waals surface area (Å²) in [5.41, 5.74) is 0.308. The minimum absolute atomic E-state index is 0.132. The zero-order valence-corrected chi connectivity index (χ0v) is 11.8. The zero-order valence-electron chi connectivity index (χ0n) is 11.8. The molecule has 0 spiro atoms. The predicted octanol–water partition coefficient (Wildman–Crippen LogP) is 1.01. The molecule has 1 atom stereocenters. The largest absolute Gasteiger partial charge is 0.355 e. The van der Waals surface area contributed by atoms with Crippen LogP contribution in [0.25, 0.3) is 0 Å². The highest BCUT2D eigenvalue weighted by Crippen LogP contribution is 2.17. The number of carbonyl (C=O) groups is 1. The van der Waals surface area contributed by atoms with Crippen molar-refractivity contribution in [1.82, 2.24) is 15.5 Å². The number of rotatable bonds is 4. The van der Waals surface area contributed by atoms with E-state index in [0.29, 0.717) is 31.7 Å². The maximum atomic E-state index is 13.2. The lowest BCUT2D eigenvalue weighted by Crippen LogP contribution is -2.57. The first-order valence-corrected chi connectivity index (χ1v) is 6.88. The molecule has 1 unspecified atom stereocenters. The maximum Gasteiger partial charge on any atom is 0.238 e. The molecule has 4 nitrogen and oxygen atoms in total. The second kappa shape index (κ2) is 6.91. The Labute approximate surface area is 121 Å². The van der Waals surface area contributed by atoms with Crippen LogP contribution < -0.4 is 10.6 Å². The quantitative estimate of drug-likeness (QED) is 0.816. The first kappa shape index (κ1) is 15.8. The second-order valence-corrected chi connectivity index (χ2v) is 4.96. The van der Waals surface area contributed by atoms with E-state index >= 15 is 0 Å². The maximum absolute atomic E-state index is 13.2. The molecule has 1 aliphatic rings. The first-order valence-electron chi connectivity index (χ1n) is 6.88. The highest BCUT2D eigenvalue weighted by molar-refractivity contribution is 5.82. The Bertz CT molecular complexity index is 501. The molecule has 1 aromatic carbocycles. The minimum atomic E-state index is -1.47.